The Bertz CT molecular complexity index is 789. The number of carbonyl (C=O) groups is 1. The number of ether oxygens (including phenoxy) is 1. The lowest BCUT2D eigenvalue weighted by Crippen LogP contribution is -2.37. The highest BCUT2D eigenvalue weighted by Gasteiger charge is 2.17. The predicted molar refractivity (Wildman–Crippen MR) is 99.5 cm³/mol. The van der Waals surface area contributed by atoms with Gasteiger partial charge in [0, 0.05) is 51.4 Å². The third-order valence-electron chi connectivity index (χ3n) is 3.92. The molecular formula is C18H25N5O3. The van der Waals surface area contributed by atoms with Crippen LogP contribution in [-0.2, 0) is 11.3 Å². The topological polar surface area (TPSA) is 98.1 Å². The van der Waals surface area contributed by atoms with Crippen LogP contribution in [0.2, 0.25) is 0 Å². The van der Waals surface area contributed by atoms with Crippen LogP contribution < -0.4 is 16.2 Å². The molecule has 0 aliphatic carbocycles. The Balaban J connectivity index is 2.01. The first-order valence-corrected chi connectivity index (χ1v) is 8.53. The van der Waals surface area contributed by atoms with Gasteiger partial charge in [0.25, 0.3) is 11.5 Å². The Labute approximate surface area is 152 Å². The molecule has 0 unspecified atom stereocenters. The summed E-state index contributed by atoms with van der Waals surface area (Å²) >= 11 is 0. The highest BCUT2D eigenvalue weighted by atomic mass is 16.5. The van der Waals surface area contributed by atoms with Crippen molar-refractivity contribution >= 4 is 11.9 Å². The Morgan fingerprint density at radius 1 is 1.23 bits per heavy atom. The van der Waals surface area contributed by atoms with Crippen LogP contribution in [0.15, 0.2) is 29.3 Å². The van der Waals surface area contributed by atoms with Gasteiger partial charge in [-0.3, -0.25) is 9.59 Å². The molecule has 2 heterocycles. The minimum atomic E-state index is -0.372. The van der Waals surface area contributed by atoms with Crippen LogP contribution in [0.25, 0.3) is 0 Å². The lowest BCUT2D eigenvalue weighted by atomic mass is 10.1. The van der Waals surface area contributed by atoms with Crippen molar-refractivity contribution in [3.05, 3.63) is 51.7 Å². The highest BCUT2D eigenvalue weighted by molar-refractivity contribution is 5.95. The van der Waals surface area contributed by atoms with E-state index in [2.05, 4.69) is 20.6 Å². The quantitative estimate of drug-likeness (QED) is 0.652. The SMILES string of the molecule is COCCCn1c(C)cc(C)c(C(=O)NCCNc2ncccn2)c1=O. The minimum Gasteiger partial charge on any atom is -0.385 e. The molecule has 26 heavy (non-hydrogen) atoms. The molecule has 8 heteroatoms. The number of methoxy groups -OCH3 is 1. The summed E-state index contributed by atoms with van der Waals surface area (Å²) in [6.07, 6.45) is 3.98. The Morgan fingerprint density at radius 2 is 1.96 bits per heavy atom. The van der Waals surface area contributed by atoms with E-state index in [1.807, 2.05) is 13.0 Å². The third kappa shape index (κ3) is 5.13. The number of hydrogen-bond acceptors (Lipinski definition) is 6. The number of nitrogens with one attached hydrogen (secondary N) is 2. The van der Waals surface area contributed by atoms with Gasteiger partial charge in [0.05, 0.1) is 0 Å². The van der Waals surface area contributed by atoms with Gasteiger partial charge in [0.15, 0.2) is 0 Å². The second-order valence-electron chi connectivity index (χ2n) is 5.90. The number of aromatic nitrogens is 3. The highest BCUT2D eigenvalue weighted by Crippen LogP contribution is 2.07. The fraction of sp³-hybridized carbons (Fsp3) is 0.444. The van der Waals surface area contributed by atoms with Crippen molar-refractivity contribution in [2.24, 2.45) is 0 Å². The summed E-state index contributed by atoms with van der Waals surface area (Å²) < 4.78 is 6.66. The second-order valence-corrected chi connectivity index (χ2v) is 5.90. The number of carbonyl (C=O) groups excluding carboxylic acids is 1. The van der Waals surface area contributed by atoms with Crippen molar-refractivity contribution in [2.75, 3.05) is 32.1 Å². The van der Waals surface area contributed by atoms with Crippen LogP contribution in [0.1, 0.15) is 28.0 Å². The van der Waals surface area contributed by atoms with Crippen LogP contribution in [0.3, 0.4) is 0 Å². The number of rotatable bonds is 9. The predicted octanol–water partition coefficient (Wildman–Crippen LogP) is 1.13. The molecule has 0 saturated carbocycles. The Kier molecular flexibility index (Phi) is 7.28. The van der Waals surface area contributed by atoms with E-state index in [-0.39, 0.29) is 17.0 Å². The van der Waals surface area contributed by atoms with Crippen LogP contribution in [0.4, 0.5) is 5.95 Å². The summed E-state index contributed by atoms with van der Waals surface area (Å²) in [5, 5.41) is 5.77. The monoisotopic (exact) mass is 359 g/mol. The zero-order valence-corrected chi connectivity index (χ0v) is 15.4. The zero-order valence-electron chi connectivity index (χ0n) is 15.4. The maximum absolute atomic E-state index is 12.7. The van der Waals surface area contributed by atoms with Crippen molar-refractivity contribution in [1.82, 2.24) is 19.9 Å². The van der Waals surface area contributed by atoms with E-state index in [4.69, 9.17) is 4.74 Å². The standard InChI is InChI=1S/C18H25N5O3/c1-13-12-14(2)23(10-5-11-26-3)17(25)15(13)16(24)19-8-9-22-18-20-6-4-7-21-18/h4,6-7,12H,5,8-11H2,1-3H3,(H,19,24)(H,20,21,22). The van der Waals surface area contributed by atoms with E-state index in [9.17, 15) is 9.59 Å². The molecule has 0 radical (unpaired) electrons. The summed E-state index contributed by atoms with van der Waals surface area (Å²) in [5.41, 5.74) is 1.43. The smallest absolute Gasteiger partial charge is 0.263 e. The molecule has 0 spiro atoms. The van der Waals surface area contributed by atoms with Crippen LogP contribution in [0.5, 0.6) is 0 Å². The van der Waals surface area contributed by atoms with E-state index >= 15 is 0 Å². The molecule has 1 amide bonds. The number of aryl methyl sites for hydroxylation is 2. The lowest BCUT2D eigenvalue weighted by molar-refractivity contribution is 0.0952. The van der Waals surface area contributed by atoms with Crippen molar-refractivity contribution in [1.29, 1.82) is 0 Å². The Hall–Kier alpha value is -2.74. The first kappa shape index (κ1) is 19.6. The molecule has 2 aromatic heterocycles. The number of anilines is 1. The van der Waals surface area contributed by atoms with Crippen LogP contribution >= 0.6 is 0 Å². The van der Waals surface area contributed by atoms with Crippen molar-refractivity contribution in [3.8, 4) is 0 Å². The summed E-state index contributed by atoms with van der Waals surface area (Å²) in [4.78, 5) is 33.3. The van der Waals surface area contributed by atoms with Crippen LogP contribution in [0, 0.1) is 13.8 Å². The fourth-order valence-corrected chi connectivity index (χ4v) is 2.68. The van der Waals surface area contributed by atoms with Crippen molar-refractivity contribution in [3.63, 3.8) is 0 Å². The fourth-order valence-electron chi connectivity index (χ4n) is 2.68. The number of pyridine rings is 1. The van der Waals surface area contributed by atoms with Gasteiger partial charge in [0.2, 0.25) is 5.95 Å². The van der Waals surface area contributed by atoms with E-state index in [1.54, 1.807) is 37.1 Å². The van der Waals surface area contributed by atoms with Crippen molar-refractivity contribution < 1.29 is 9.53 Å². The van der Waals surface area contributed by atoms with Gasteiger partial charge in [-0.05, 0) is 38.0 Å². The van der Waals surface area contributed by atoms with Gasteiger partial charge < -0.3 is 19.9 Å². The molecule has 0 bridgehead atoms. The first-order valence-electron chi connectivity index (χ1n) is 8.53. The molecule has 140 valence electrons. The molecule has 0 fully saturated rings. The molecule has 0 aliphatic heterocycles. The number of nitrogens with zero attached hydrogens (tertiary/aromatic N) is 3. The summed E-state index contributed by atoms with van der Waals surface area (Å²) in [5.74, 6) is 0.123. The largest absolute Gasteiger partial charge is 0.385 e. The molecule has 0 aliphatic rings. The normalized spacial score (nSPS) is 10.6. The van der Waals surface area contributed by atoms with E-state index in [1.165, 1.54) is 0 Å². The minimum absolute atomic E-state index is 0.184. The van der Waals surface area contributed by atoms with Gasteiger partial charge in [-0.25, -0.2) is 9.97 Å². The number of amides is 1. The summed E-state index contributed by atoms with van der Waals surface area (Å²) in [6, 6.07) is 3.59. The van der Waals surface area contributed by atoms with Gasteiger partial charge in [-0.1, -0.05) is 0 Å². The molecule has 2 aromatic rings. The van der Waals surface area contributed by atoms with E-state index in [0.717, 1.165) is 5.69 Å². The van der Waals surface area contributed by atoms with E-state index in [0.29, 0.717) is 44.2 Å². The molecule has 0 atom stereocenters. The molecular weight excluding hydrogens is 334 g/mol. The maximum Gasteiger partial charge on any atom is 0.263 e. The molecule has 2 rings (SSSR count). The van der Waals surface area contributed by atoms with Gasteiger partial charge in [-0.15, -0.1) is 0 Å². The summed E-state index contributed by atoms with van der Waals surface area (Å²) in [6.45, 7) is 5.54. The summed E-state index contributed by atoms with van der Waals surface area (Å²) in [7, 11) is 1.62. The maximum atomic E-state index is 12.7. The second kappa shape index (κ2) is 9.67. The average Bonchev–Trinajstić information content (AvgIpc) is 2.62. The van der Waals surface area contributed by atoms with Crippen LogP contribution in [-0.4, -0.2) is 47.2 Å². The number of hydrogen-bond donors (Lipinski definition) is 2. The molecule has 2 N–H and O–H groups in total. The van der Waals surface area contributed by atoms with E-state index < -0.39 is 0 Å². The first-order chi connectivity index (χ1) is 12.5. The third-order valence-corrected chi connectivity index (χ3v) is 3.92. The van der Waals surface area contributed by atoms with Gasteiger partial charge in [0.1, 0.15) is 5.56 Å². The Morgan fingerprint density at radius 3 is 2.65 bits per heavy atom. The molecule has 8 nitrogen and oxygen atoms in total. The van der Waals surface area contributed by atoms with Gasteiger partial charge in [-0.2, -0.15) is 0 Å². The molecule has 0 saturated heterocycles. The zero-order chi connectivity index (χ0) is 18.9. The van der Waals surface area contributed by atoms with Gasteiger partial charge >= 0.3 is 0 Å². The van der Waals surface area contributed by atoms with Crippen molar-refractivity contribution in [2.45, 2.75) is 26.8 Å². The average molecular weight is 359 g/mol. The molecule has 0 aromatic carbocycles. The lowest BCUT2D eigenvalue weighted by Gasteiger charge is -2.14.